The van der Waals surface area contributed by atoms with Crippen molar-refractivity contribution in [2.24, 2.45) is 0 Å². The lowest BCUT2D eigenvalue weighted by Gasteiger charge is -2.31. The van der Waals surface area contributed by atoms with Crippen LogP contribution in [0.25, 0.3) is 0 Å². The molecule has 0 saturated carbocycles. The van der Waals surface area contributed by atoms with Crippen LogP contribution in [0.5, 0.6) is 0 Å². The first-order valence-electron chi connectivity index (χ1n) is 4.28. The zero-order chi connectivity index (χ0) is 9.97. The standard InChI is InChI=1S/C9H10BrN3S/c10-7-2-1-3-8(4-7)13-5-11-9(14)12-6-13/h1-4H,5-6H2,(H2,11,12,14). The molecule has 5 heteroatoms. The molecule has 14 heavy (non-hydrogen) atoms. The maximum atomic E-state index is 4.98. The van der Waals surface area contributed by atoms with Gasteiger partial charge in [-0.3, -0.25) is 0 Å². The number of hydrogen-bond donors (Lipinski definition) is 2. The Morgan fingerprint density at radius 1 is 1.29 bits per heavy atom. The van der Waals surface area contributed by atoms with Crippen molar-refractivity contribution in [1.82, 2.24) is 10.6 Å². The largest absolute Gasteiger partial charge is 0.345 e. The van der Waals surface area contributed by atoms with E-state index >= 15 is 0 Å². The van der Waals surface area contributed by atoms with E-state index in [2.05, 4.69) is 43.6 Å². The molecule has 1 saturated heterocycles. The second kappa shape index (κ2) is 4.14. The van der Waals surface area contributed by atoms with Gasteiger partial charge in [0.15, 0.2) is 5.11 Å². The van der Waals surface area contributed by atoms with Gasteiger partial charge in [0.2, 0.25) is 0 Å². The Balaban J connectivity index is 2.12. The Labute approximate surface area is 96.6 Å². The summed E-state index contributed by atoms with van der Waals surface area (Å²) in [5, 5.41) is 6.88. The molecule has 1 aromatic carbocycles. The van der Waals surface area contributed by atoms with E-state index < -0.39 is 0 Å². The van der Waals surface area contributed by atoms with Gasteiger partial charge in [-0.2, -0.15) is 0 Å². The van der Waals surface area contributed by atoms with E-state index in [9.17, 15) is 0 Å². The first-order chi connectivity index (χ1) is 6.75. The van der Waals surface area contributed by atoms with E-state index in [0.29, 0.717) is 0 Å². The van der Waals surface area contributed by atoms with E-state index in [1.165, 1.54) is 5.69 Å². The van der Waals surface area contributed by atoms with Crippen molar-refractivity contribution in [1.29, 1.82) is 0 Å². The van der Waals surface area contributed by atoms with Crippen LogP contribution in [0.4, 0.5) is 5.69 Å². The van der Waals surface area contributed by atoms with Crippen LogP contribution in [0.1, 0.15) is 0 Å². The molecule has 0 spiro atoms. The number of halogens is 1. The van der Waals surface area contributed by atoms with Crippen LogP contribution in [0, 0.1) is 0 Å². The highest BCUT2D eigenvalue weighted by Gasteiger charge is 2.11. The van der Waals surface area contributed by atoms with Gasteiger partial charge in [0, 0.05) is 10.2 Å². The van der Waals surface area contributed by atoms with E-state index in [1.807, 2.05) is 12.1 Å². The van der Waals surface area contributed by atoms with Gasteiger partial charge in [-0.1, -0.05) is 22.0 Å². The Morgan fingerprint density at radius 3 is 2.64 bits per heavy atom. The van der Waals surface area contributed by atoms with Crippen molar-refractivity contribution in [3.05, 3.63) is 28.7 Å². The Bertz CT molecular complexity index is 346. The number of hydrogen-bond acceptors (Lipinski definition) is 2. The van der Waals surface area contributed by atoms with E-state index in [4.69, 9.17) is 12.2 Å². The lowest BCUT2D eigenvalue weighted by molar-refractivity contribution is 0.672. The smallest absolute Gasteiger partial charge is 0.169 e. The van der Waals surface area contributed by atoms with Crippen LogP contribution < -0.4 is 15.5 Å². The van der Waals surface area contributed by atoms with Crippen LogP contribution in [-0.4, -0.2) is 18.4 Å². The molecule has 1 fully saturated rings. The fourth-order valence-electron chi connectivity index (χ4n) is 1.31. The maximum absolute atomic E-state index is 4.98. The molecular formula is C9H10BrN3S. The third-order valence-corrected chi connectivity index (χ3v) is 2.82. The van der Waals surface area contributed by atoms with Crippen molar-refractivity contribution in [2.45, 2.75) is 0 Å². The number of rotatable bonds is 1. The van der Waals surface area contributed by atoms with Gasteiger partial charge in [0.1, 0.15) is 0 Å². The summed E-state index contributed by atoms with van der Waals surface area (Å²) in [6.07, 6.45) is 0. The van der Waals surface area contributed by atoms with Crippen LogP contribution in [-0.2, 0) is 0 Å². The number of nitrogens with one attached hydrogen (secondary N) is 2. The quantitative estimate of drug-likeness (QED) is 0.760. The van der Waals surface area contributed by atoms with Gasteiger partial charge in [-0.15, -0.1) is 0 Å². The highest BCUT2D eigenvalue weighted by Crippen LogP contribution is 2.19. The van der Waals surface area contributed by atoms with Crippen molar-refractivity contribution < 1.29 is 0 Å². The van der Waals surface area contributed by atoms with Gasteiger partial charge >= 0.3 is 0 Å². The van der Waals surface area contributed by atoms with Crippen LogP contribution in [0.15, 0.2) is 28.7 Å². The van der Waals surface area contributed by atoms with E-state index in [1.54, 1.807) is 0 Å². The maximum Gasteiger partial charge on any atom is 0.169 e. The topological polar surface area (TPSA) is 27.3 Å². The average Bonchev–Trinajstić information content (AvgIpc) is 2.19. The fourth-order valence-corrected chi connectivity index (χ4v) is 1.82. The number of benzene rings is 1. The molecule has 1 aliphatic rings. The molecule has 0 bridgehead atoms. The average molecular weight is 272 g/mol. The van der Waals surface area contributed by atoms with Gasteiger partial charge in [0.25, 0.3) is 0 Å². The van der Waals surface area contributed by atoms with Gasteiger partial charge in [0.05, 0.1) is 13.3 Å². The molecular weight excluding hydrogens is 262 g/mol. The zero-order valence-corrected chi connectivity index (χ0v) is 9.86. The zero-order valence-electron chi connectivity index (χ0n) is 7.46. The van der Waals surface area contributed by atoms with Gasteiger partial charge in [-0.25, -0.2) is 0 Å². The minimum atomic E-state index is 0.719. The van der Waals surface area contributed by atoms with Gasteiger partial charge in [-0.05, 0) is 30.4 Å². The van der Waals surface area contributed by atoms with Crippen molar-refractivity contribution in [2.75, 3.05) is 18.2 Å². The summed E-state index contributed by atoms with van der Waals surface area (Å²) in [5.74, 6) is 0. The fraction of sp³-hybridized carbons (Fsp3) is 0.222. The lowest BCUT2D eigenvalue weighted by atomic mass is 10.3. The first-order valence-corrected chi connectivity index (χ1v) is 5.48. The molecule has 74 valence electrons. The third kappa shape index (κ3) is 2.16. The summed E-state index contributed by atoms with van der Waals surface area (Å²) < 4.78 is 1.09. The molecule has 0 amide bonds. The molecule has 1 heterocycles. The lowest BCUT2D eigenvalue weighted by Crippen LogP contribution is -2.54. The van der Waals surface area contributed by atoms with Crippen molar-refractivity contribution in [3.63, 3.8) is 0 Å². The summed E-state index contributed by atoms with van der Waals surface area (Å²) in [5.41, 5.74) is 1.17. The van der Waals surface area contributed by atoms with Crippen LogP contribution in [0.2, 0.25) is 0 Å². The molecule has 1 aliphatic heterocycles. The summed E-state index contributed by atoms with van der Waals surface area (Å²) in [4.78, 5) is 2.17. The normalized spacial score (nSPS) is 16.1. The number of nitrogens with zero attached hydrogens (tertiary/aromatic N) is 1. The van der Waals surface area contributed by atoms with Crippen LogP contribution in [0.3, 0.4) is 0 Å². The molecule has 2 rings (SSSR count). The molecule has 0 radical (unpaired) electrons. The summed E-state index contributed by atoms with van der Waals surface area (Å²) in [6, 6.07) is 8.19. The first kappa shape index (κ1) is 9.73. The predicted octanol–water partition coefficient (Wildman–Crippen LogP) is 1.65. The van der Waals surface area contributed by atoms with E-state index in [-0.39, 0.29) is 0 Å². The molecule has 3 nitrogen and oxygen atoms in total. The summed E-state index contributed by atoms with van der Waals surface area (Å²) in [6.45, 7) is 1.50. The van der Waals surface area contributed by atoms with Crippen LogP contribution >= 0.6 is 28.1 Å². The summed E-state index contributed by atoms with van der Waals surface area (Å²) in [7, 11) is 0. The number of thiocarbonyl (C=S) groups is 1. The monoisotopic (exact) mass is 271 g/mol. The van der Waals surface area contributed by atoms with Crippen molar-refractivity contribution in [3.8, 4) is 0 Å². The molecule has 1 aromatic rings. The predicted molar refractivity (Wildman–Crippen MR) is 65.2 cm³/mol. The Morgan fingerprint density at radius 2 is 2.00 bits per heavy atom. The van der Waals surface area contributed by atoms with E-state index in [0.717, 1.165) is 22.9 Å². The highest BCUT2D eigenvalue weighted by atomic mass is 79.9. The highest BCUT2D eigenvalue weighted by molar-refractivity contribution is 9.10. The summed E-state index contributed by atoms with van der Waals surface area (Å²) >= 11 is 8.42. The second-order valence-corrected chi connectivity index (χ2v) is 4.34. The third-order valence-electron chi connectivity index (χ3n) is 2.03. The SMILES string of the molecule is S=C1NCN(c2cccc(Br)c2)CN1. The second-order valence-electron chi connectivity index (χ2n) is 3.02. The molecule has 2 N–H and O–H groups in total. The minimum Gasteiger partial charge on any atom is -0.345 e. The molecule has 0 aromatic heterocycles. The van der Waals surface area contributed by atoms with Crippen molar-refractivity contribution >= 4 is 38.9 Å². The molecule has 0 atom stereocenters. The molecule has 0 aliphatic carbocycles. The Kier molecular flexibility index (Phi) is 2.88. The Hall–Kier alpha value is -0.810. The number of anilines is 1. The van der Waals surface area contributed by atoms with Gasteiger partial charge < -0.3 is 15.5 Å². The molecule has 0 unspecified atom stereocenters. The minimum absolute atomic E-state index is 0.719.